The predicted octanol–water partition coefficient (Wildman–Crippen LogP) is 3.24. The van der Waals surface area contributed by atoms with E-state index in [4.69, 9.17) is 5.11 Å². The summed E-state index contributed by atoms with van der Waals surface area (Å²) in [6.07, 6.45) is 2.97. The minimum absolute atomic E-state index is 0.200. The Kier molecular flexibility index (Phi) is 3.50. The molecule has 0 bridgehead atoms. The average Bonchev–Trinajstić information content (AvgIpc) is 2.70. The van der Waals surface area contributed by atoms with Crippen LogP contribution in [0.4, 0.5) is 0 Å². The molecule has 0 spiro atoms. The summed E-state index contributed by atoms with van der Waals surface area (Å²) >= 11 is 6.63. The Bertz CT molecular complexity index is 454. The number of carbonyl (C=O) groups is 1. The second kappa shape index (κ2) is 4.72. The molecule has 84 valence electrons. The molecule has 0 aliphatic heterocycles. The van der Waals surface area contributed by atoms with Crippen molar-refractivity contribution in [2.45, 2.75) is 16.1 Å². The molecule has 1 aromatic rings. The van der Waals surface area contributed by atoms with Gasteiger partial charge in [-0.05, 0) is 23.1 Å². The highest BCUT2D eigenvalue weighted by molar-refractivity contribution is 9.12. The second-order valence-corrected chi connectivity index (χ2v) is 5.64. The van der Waals surface area contributed by atoms with Gasteiger partial charge in [0.1, 0.15) is 4.83 Å². The van der Waals surface area contributed by atoms with Crippen LogP contribution in [0.2, 0.25) is 0 Å². The van der Waals surface area contributed by atoms with Gasteiger partial charge in [-0.25, -0.2) is 0 Å². The molecule has 0 aromatic heterocycles. The molecule has 0 saturated heterocycles. The first-order valence-corrected chi connectivity index (χ1v) is 6.73. The Hall–Kier alpha value is -0.610. The van der Waals surface area contributed by atoms with E-state index < -0.39 is 10.8 Å². The molecular formula is C12H10Br2O2. The van der Waals surface area contributed by atoms with Gasteiger partial charge in [0.25, 0.3) is 0 Å². The molecular weight excluding hydrogens is 336 g/mol. The van der Waals surface area contributed by atoms with Crippen LogP contribution in [0.25, 0.3) is 5.57 Å². The van der Waals surface area contributed by atoms with Gasteiger partial charge in [0.05, 0.1) is 4.83 Å². The molecule has 1 N–H and O–H groups in total. The van der Waals surface area contributed by atoms with Gasteiger partial charge in [-0.2, -0.15) is 0 Å². The molecule has 2 rings (SSSR count). The zero-order valence-electron chi connectivity index (χ0n) is 8.36. The van der Waals surface area contributed by atoms with Gasteiger partial charge in [0, 0.05) is 0 Å². The maximum absolute atomic E-state index is 10.9. The lowest BCUT2D eigenvalue weighted by Gasteiger charge is -2.15. The minimum Gasteiger partial charge on any atom is -0.480 e. The highest BCUT2D eigenvalue weighted by atomic mass is 79.9. The third kappa shape index (κ3) is 2.09. The molecule has 4 heteroatoms. The predicted molar refractivity (Wildman–Crippen MR) is 71.2 cm³/mol. The van der Waals surface area contributed by atoms with Crippen LogP contribution in [0, 0.1) is 0 Å². The number of rotatable bonds is 3. The van der Waals surface area contributed by atoms with E-state index in [0.29, 0.717) is 0 Å². The molecule has 0 heterocycles. The van der Waals surface area contributed by atoms with Crippen LogP contribution in [0.15, 0.2) is 30.3 Å². The summed E-state index contributed by atoms with van der Waals surface area (Å²) in [6, 6.07) is 8.08. The lowest BCUT2D eigenvalue weighted by molar-refractivity contribution is -0.135. The largest absolute Gasteiger partial charge is 0.480 e. The Labute approximate surface area is 111 Å². The van der Waals surface area contributed by atoms with Crippen molar-refractivity contribution < 1.29 is 9.90 Å². The first-order chi connectivity index (χ1) is 7.61. The van der Waals surface area contributed by atoms with E-state index >= 15 is 0 Å². The van der Waals surface area contributed by atoms with E-state index in [2.05, 4.69) is 44.0 Å². The summed E-state index contributed by atoms with van der Waals surface area (Å²) in [5, 5.41) is 8.96. The van der Waals surface area contributed by atoms with E-state index in [1.807, 2.05) is 18.2 Å². The van der Waals surface area contributed by atoms with Gasteiger partial charge in [0.15, 0.2) is 0 Å². The molecule has 1 aromatic carbocycles. The minimum atomic E-state index is -0.854. The summed E-state index contributed by atoms with van der Waals surface area (Å²) in [6.45, 7) is 0. The number of allylic oxidation sites excluding steroid dienone is 2. The topological polar surface area (TPSA) is 37.3 Å². The normalized spacial score (nSPS) is 17.5. The number of halogens is 2. The number of alkyl halides is 2. The third-order valence-electron chi connectivity index (χ3n) is 2.66. The number of fused-ring (bicyclic) bond motifs is 1. The van der Waals surface area contributed by atoms with Crippen LogP contribution in [-0.4, -0.2) is 20.7 Å². The molecule has 0 amide bonds. The lowest BCUT2D eigenvalue weighted by Crippen LogP contribution is -2.24. The van der Waals surface area contributed by atoms with E-state index in [0.717, 1.165) is 17.6 Å². The molecule has 2 nitrogen and oxygen atoms in total. The molecule has 0 saturated carbocycles. The van der Waals surface area contributed by atoms with Gasteiger partial charge in [0.2, 0.25) is 0 Å². The molecule has 0 fully saturated rings. The molecule has 2 unspecified atom stereocenters. The zero-order chi connectivity index (χ0) is 11.7. The van der Waals surface area contributed by atoms with Gasteiger partial charge < -0.3 is 5.11 Å². The van der Waals surface area contributed by atoms with Crippen molar-refractivity contribution in [2.24, 2.45) is 0 Å². The number of carboxylic acid groups (broad SMARTS) is 1. The first-order valence-electron chi connectivity index (χ1n) is 4.90. The number of benzene rings is 1. The third-order valence-corrected chi connectivity index (χ3v) is 5.31. The van der Waals surface area contributed by atoms with Crippen molar-refractivity contribution in [2.75, 3.05) is 0 Å². The summed E-state index contributed by atoms with van der Waals surface area (Å²) in [7, 11) is 0. The van der Waals surface area contributed by atoms with E-state index in [1.54, 1.807) is 0 Å². The summed E-state index contributed by atoms with van der Waals surface area (Å²) in [4.78, 5) is 10.1. The average molecular weight is 346 g/mol. The maximum Gasteiger partial charge on any atom is 0.318 e. The van der Waals surface area contributed by atoms with Crippen molar-refractivity contribution >= 4 is 43.4 Å². The van der Waals surface area contributed by atoms with Crippen LogP contribution < -0.4 is 0 Å². The Morgan fingerprint density at radius 1 is 1.31 bits per heavy atom. The molecule has 1 aliphatic carbocycles. The van der Waals surface area contributed by atoms with Crippen molar-refractivity contribution in [1.29, 1.82) is 0 Å². The fourth-order valence-electron chi connectivity index (χ4n) is 1.85. The standard InChI is InChI=1S/C12H10Br2O2/c13-10(11(14)12(15)16)9-6-5-7-3-1-2-4-8(7)9/h1-4,6,10-11H,5H2,(H,15,16). The fourth-order valence-corrected chi connectivity index (χ4v) is 2.80. The van der Waals surface area contributed by atoms with Gasteiger partial charge >= 0.3 is 5.97 Å². The first kappa shape index (κ1) is 11.9. The van der Waals surface area contributed by atoms with Crippen LogP contribution in [0.3, 0.4) is 0 Å². The maximum atomic E-state index is 10.9. The number of carboxylic acids is 1. The van der Waals surface area contributed by atoms with Crippen molar-refractivity contribution in [1.82, 2.24) is 0 Å². The van der Waals surface area contributed by atoms with Crippen LogP contribution >= 0.6 is 31.9 Å². The summed E-state index contributed by atoms with van der Waals surface area (Å²) < 4.78 is 0. The van der Waals surface area contributed by atoms with Crippen molar-refractivity contribution in [3.63, 3.8) is 0 Å². The molecule has 2 atom stereocenters. The smallest absolute Gasteiger partial charge is 0.318 e. The molecule has 0 radical (unpaired) electrons. The van der Waals surface area contributed by atoms with Crippen molar-refractivity contribution in [3.05, 3.63) is 41.5 Å². The monoisotopic (exact) mass is 344 g/mol. The number of hydrogen-bond acceptors (Lipinski definition) is 1. The number of hydrogen-bond donors (Lipinski definition) is 1. The lowest BCUT2D eigenvalue weighted by atomic mass is 10.0. The summed E-state index contributed by atoms with van der Waals surface area (Å²) in [5.74, 6) is -0.854. The van der Waals surface area contributed by atoms with E-state index in [9.17, 15) is 4.79 Å². The second-order valence-electron chi connectivity index (χ2n) is 3.66. The van der Waals surface area contributed by atoms with Crippen LogP contribution in [0.5, 0.6) is 0 Å². The number of aliphatic carboxylic acids is 1. The fraction of sp³-hybridized carbons (Fsp3) is 0.250. The van der Waals surface area contributed by atoms with Gasteiger partial charge in [-0.3, -0.25) is 4.79 Å². The quantitative estimate of drug-likeness (QED) is 0.854. The van der Waals surface area contributed by atoms with Crippen LogP contribution in [0.1, 0.15) is 11.1 Å². The zero-order valence-corrected chi connectivity index (χ0v) is 11.5. The van der Waals surface area contributed by atoms with E-state index in [-0.39, 0.29) is 4.83 Å². The highest BCUT2D eigenvalue weighted by Crippen LogP contribution is 2.36. The summed E-state index contributed by atoms with van der Waals surface area (Å²) in [5.41, 5.74) is 3.46. The van der Waals surface area contributed by atoms with Gasteiger partial charge in [-0.15, -0.1) is 0 Å². The molecule has 1 aliphatic rings. The molecule has 16 heavy (non-hydrogen) atoms. The SMILES string of the molecule is O=C(O)C(Br)C(Br)C1=CCc2ccccc21. The Morgan fingerprint density at radius 3 is 2.69 bits per heavy atom. The Balaban J connectivity index is 2.28. The van der Waals surface area contributed by atoms with Crippen LogP contribution in [-0.2, 0) is 11.2 Å². The van der Waals surface area contributed by atoms with E-state index in [1.165, 1.54) is 5.56 Å². The van der Waals surface area contributed by atoms with Gasteiger partial charge in [-0.1, -0.05) is 62.2 Å². The Morgan fingerprint density at radius 2 is 2.00 bits per heavy atom. The highest BCUT2D eigenvalue weighted by Gasteiger charge is 2.29. The van der Waals surface area contributed by atoms with Crippen molar-refractivity contribution in [3.8, 4) is 0 Å².